The average Bonchev–Trinajstić information content (AvgIpc) is 2.18. The molecule has 4 nitrogen and oxygen atoms in total. The quantitative estimate of drug-likeness (QED) is 0.777. The van der Waals surface area contributed by atoms with Crippen LogP contribution in [0.25, 0.3) is 0 Å². The summed E-state index contributed by atoms with van der Waals surface area (Å²) in [4.78, 5) is 10.6. The van der Waals surface area contributed by atoms with E-state index in [4.69, 9.17) is 4.74 Å². The molecule has 1 rings (SSSR count). The molecule has 0 spiro atoms. The van der Waals surface area contributed by atoms with E-state index in [9.17, 15) is 13.2 Å². The van der Waals surface area contributed by atoms with Crippen LogP contribution in [0.3, 0.4) is 0 Å². The Kier molecular flexibility index (Phi) is 4.49. The first-order valence-corrected chi connectivity index (χ1v) is 7.33. The van der Waals surface area contributed by atoms with Crippen molar-refractivity contribution in [2.24, 2.45) is 0 Å². The fourth-order valence-corrected chi connectivity index (χ4v) is 1.74. The molecule has 0 aliphatic heterocycles. The minimum Gasteiger partial charge on any atom is -0.493 e. The number of sulfone groups is 1. The third-order valence-corrected chi connectivity index (χ3v) is 3.45. The molecule has 0 unspecified atom stereocenters. The van der Waals surface area contributed by atoms with Crippen LogP contribution in [0.2, 0.25) is 0 Å². The molecule has 0 N–H and O–H groups in total. The lowest BCUT2D eigenvalue weighted by Gasteiger charge is -2.06. The van der Waals surface area contributed by atoms with Gasteiger partial charge in [0.15, 0.2) is 16.1 Å². The van der Waals surface area contributed by atoms with Crippen molar-refractivity contribution in [1.29, 1.82) is 0 Å². The van der Waals surface area contributed by atoms with Gasteiger partial charge in [0.2, 0.25) is 0 Å². The molecule has 0 atom stereocenters. The number of ether oxygens (including phenoxy) is 1. The van der Waals surface area contributed by atoms with Gasteiger partial charge in [-0.25, -0.2) is 8.42 Å². The van der Waals surface area contributed by atoms with Crippen LogP contribution in [0.4, 0.5) is 0 Å². The van der Waals surface area contributed by atoms with Gasteiger partial charge in [0.05, 0.1) is 5.75 Å². The van der Waals surface area contributed by atoms with Gasteiger partial charge in [0.25, 0.3) is 0 Å². The average molecular weight is 307 g/mol. The Labute approximate surface area is 103 Å². The van der Waals surface area contributed by atoms with E-state index in [1.807, 2.05) is 0 Å². The van der Waals surface area contributed by atoms with Crippen molar-refractivity contribution in [1.82, 2.24) is 0 Å². The fraction of sp³-hybridized carbons (Fsp3) is 0.300. The van der Waals surface area contributed by atoms with Crippen molar-refractivity contribution in [3.63, 3.8) is 0 Å². The Bertz CT molecular complexity index is 482. The highest BCUT2D eigenvalue weighted by atomic mass is 79.9. The number of carbonyl (C=O) groups excluding carboxylic acids is 1. The molecule has 1 aromatic carbocycles. The van der Waals surface area contributed by atoms with E-state index in [2.05, 4.69) is 15.9 Å². The van der Waals surface area contributed by atoms with Gasteiger partial charge in [-0.2, -0.15) is 0 Å². The predicted octanol–water partition coefficient (Wildman–Crippen LogP) is 1.69. The monoisotopic (exact) mass is 306 g/mol. The minimum absolute atomic E-state index is 0.0422. The molecule has 0 heterocycles. The smallest absolute Gasteiger partial charge is 0.151 e. The Hall–Kier alpha value is -0.880. The molecule has 0 saturated heterocycles. The van der Waals surface area contributed by atoms with Crippen LogP contribution in [-0.4, -0.2) is 33.3 Å². The first-order chi connectivity index (χ1) is 7.42. The lowest BCUT2D eigenvalue weighted by atomic mass is 10.2. The first kappa shape index (κ1) is 13.2. The molecule has 0 aromatic heterocycles. The summed E-state index contributed by atoms with van der Waals surface area (Å²) in [6.07, 6.45) is 1.85. The van der Waals surface area contributed by atoms with E-state index in [1.54, 1.807) is 18.2 Å². The van der Waals surface area contributed by atoms with E-state index in [0.717, 1.165) is 6.26 Å². The Morgan fingerprint density at radius 1 is 1.44 bits per heavy atom. The number of hydrogen-bond donors (Lipinski definition) is 0. The van der Waals surface area contributed by atoms with Crippen molar-refractivity contribution in [2.75, 3.05) is 18.6 Å². The van der Waals surface area contributed by atoms with Gasteiger partial charge in [-0.15, -0.1) is 0 Å². The summed E-state index contributed by atoms with van der Waals surface area (Å²) in [5.74, 6) is 0.438. The van der Waals surface area contributed by atoms with Crippen LogP contribution in [-0.2, 0) is 9.84 Å². The molecule has 0 aliphatic carbocycles. The van der Waals surface area contributed by atoms with Crippen LogP contribution in [0.5, 0.6) is 5.75 Å². The fourth-order valence-electron chi connectivity index (χ4n) is 1.01. The van der Waals surface area contributed by atoms with Crippen LogP contribution in [0.15, 0.2) is 22.7 Å². The zero-order valence-electron chi connectivity index (χ0n) is 8.64. The number of benzene rings is 1. The zero-order chi connectivity index (χ0) is 12.2. The number of rotatable bonds is 5. The molecule has 0 aliphatic rings. The second kappa shape index (κ2) is 5.45. The molecular formula is C10H11BrO4S. The van der Waals surface area contributed by atoms with Gasteiger partial charge >= 0.3 is 0 Å². The first-order valence-electron chi connectivity index (χ1n) is 4.47. The molecular weight excluding hydrogens is 296 g/mol. The minimum atomic E-state index is -3.02. The van der Waals surface area contributed by atoms with Gasteiger partial charge in [0.1, 0.15) is 12.4 Å². The largest absolute Gasteiger partial charge is 0.493 e. The molecule has 0 saturated carbocycles. The zero-order valence-corrected chi connectivity index (χ0v) is 11.0. The second-order valence-electron chi connectivity index (χ2n) is 3.28. The molecule has 88 valence electrons. The van der Waals surface area contributed by atoms with Crippen LogP contribution in [0, 0.1) is 0 Å². The standard InChI is InChI=1S/C10H11BrO4S/c1-16(13,14)5-4-15-9-2-3-10(11)8(6-9)7-12/h2-3,6-7H,4-5H2,1H3. The number of carbonyl (C=O) groups is 1. The third kappa shape index (κ3) is 4.32. The van der Waals surface area contributed by atoms with Crippen LogP contribution in [0.1, 0.15) is 10.4 Å². The highest BCUT2D eigenvalue weighted by Gasteiger charge is 2.04. The van der Waals surface area contributed by atoms with E-state index < -0.39 is 9.84 Å². The number of halogens is 1. The normalized spacial score (nSPS) is 11.1. The maximum Gasteiger partial charge on any atom is 0.151 e. The van der Waals surface area contributed by atoms with Crippen molar-refractivity contribution in [3.8, 4) is 5.75 Å². The lowest BCUT2D eigenvalue weighted by molar-refractivity contribution is 0.112. The van der Waals surface area contributed by atoms with Crippen molar-refractivity contribution >= 4 is 32.1 Å². The molecule has 1 aromatic rings. The van der Waals surface area contributed by atoms with Gasteiger partial charge in [-0.1, -0.05) is 15.9 Å². The summed E-state index contributed by atoms with van der Waals surface area (Å²) < 4.78 is 27.6. The molecule has 0 fully saturated rings. The Morgan fingerprint density at radius 2 is 2.12 bits per heavy atom. The van der Waals surface area contributed by atoms with Gasteiger partial charge in [0, 0.05) is 16.3 Å². The molecule has 0 bridgehead atoms. The summed E-state index contributed by atoms with van der Waals surface area (Å²) in [7, 11) is -3.02. The second-order valence-corrected chi connectivity index (χ2v) is 6.39. The summed E-state index contributed by atoms with van der Waals surface area (Å²) in [5, 5.41) is 0. The maximum atomic E-state index is 10.9. The molecule has 0 amide bonds. The topological polar surface area (TPSA) is 60.4 Å². The van der Waals surface area contributed by atoms with E-state index >= 15 is 0 Å². The van der Waals surface area contributed by atoms with Gasteiger partial charge in [-0.05, 0) is 18.2 Å². The number of hydrogen-bond acceptors (Lipinski definition) is 4. The molecule has 0 radical (unpaired) electrons. The van der Waals surface area contributed by atoms with E-state index in [1.165, 1.54) is 0 Å². The van der Waals surface area contributed by atoms with Crippen molar-refractivity contribution in [3.05, 3.63) is 28.2 Å². The summed E-state index contributed by atoms with van der Waals surface area (Å²) in [6, 6.07) is 4.90. The van der Waals surface area contributed by atoms with Crippen molar-refractivity contribution in [2.45, 2.75) is 0 Å². The summed E-state index contributed by atoms with van der Waals surface area (Å²) in [6.45, 7) is 0.0821. The predicted molar refractivity (Wildman–Crippen MR) is 64.7 cm³/mol. The van der Waals surface area contributed by atoms with E-state index in [-0.39, 0.29) is 12.4 Å². The molecule has 6 heteroatoms. The number of aldehydes is 1. The highest BCUT2D eigenvalue weighted by Crippen LogP contribution is 2.21. The summed E-state index contributed by atoms with van der Waals surface area (Å²) >= 11 is 3.21. The Morgan fingerprint density at radius 3 is 2.69 bits per heavy atom. The van der Waals surface area contributed by atoms with Crippen LogP contribution < -0.4 is 4.74 Å². The van der Waals surface area contributed by atoms with Gasteiger partial charge < -0.3 is 4.74 Å². The lowest BCUT2D eigenvalue weighted by Crippen LogP contribution is -2.12. The van der Waals surface area contributed by atoms with E-state index in [0.29, 0.717) is 22.1 Å². The SMILES string of the molecule is CS(=O)(=O)CCOc1ccc(Br)c(C=O)c1. The van der Waals surface area contributed by atoms with Crippen molar-refractivity contribution < 1.29 is 17.9 Å². The highest BCUT2D eigenvalue weighted by molar-refractivity contribution is 9.10. The third-order valence-electron chi connectivity index (χ3n) is 1.82. The Balaban J connectivity index is 2.65. The summed E-state index contributed by atoms with van der Waals surface area (Å²) in [5.41, 5.74) is 0.469. The molecule has 16 heavy (non-hydrogen) atoms. The maximum absolute atomic E-state index is 10.9. The van der Waals surface area contributed by atoms with Crippen LogP contribution >= 0.6 is 15.9 Å². The van der Waals surface area contributed by atoms with Gasteiger partial charge in [-0.3, -0.25) is 4.79 Å².